The molecule has 1 aliphatic rings. The highest BCUT2D eigenvalue weighted by Gasteiger charge is 2.31. The third-order valence-corrected chi connectivity index (χ3v) is 7.43. The molecular formula is C35H39FN2O4. The van der Waals surface area contributed by atoms with Gasteiger partial charge in [0.2, 0.25) is 0 Å². The van der Waals surface area contributed by atoms with Crippen LogP contribution in [0.4, 0.5) is 10.1 Å². The number of nitrogens with one attached hydrogen (secondary N) is 1. The number of carbonyl (C=O) groups excluding carboxylic acids is 1. The highest BCUT2D eigenvalue weighted by atomic mass is 19.1. The molecule has 0 fully saturated rings. The molecular weight excluding hydrogens is 531 g/mol. The number of ether oxygens (including phenoxy) is 1. The summed E-state index contributed by atoms with van der Waals surface area (Å²) in [6, 6.07) is 19.2. The van der Waals surface area contributed by atoms with E-state index in [1.165, 1.54) is 7.11 Å². The number of allylic oxidation sites excluding steroid dienone is 4. The monoisotopic (exact) mass is 570 g/mol. The Hall–Kier alpha value is -4.23. The second kappa shape index (κ2) is 14.1. The van der Waals surface area contributed by atoms with E-state index in [9.17, 15) is 19.1 Å². The fourth-order valence-electron chi connectivity index (χ4n) is 5.50. The number of carbonyl (C=O) groups is 2. The molecule has 4 rings (SSSR count). The average molecular weight is 571 g/mol. The van der Waals surface area contributed by atoms with Crippen LogP contribution in [0.1, 0.15) is 67.2 Å². The lowest BCUT2D eigenvalue weighted by atomic mass is 9.92. The molecule has 7 heteroatoms. The van der Waals surface area contributed by atoms with Gasteiger partial charge in [-0.2, -0.15) is 0 Å². The van der Waals surface area contributed by atoms with Gasteiger partial charge >= 0.3 is 5.97 Å². The normalized spacial score (nSPS) is 15.4. The second-order valence-corrected chi connectivity index (χ2v) is 10.9. The zero-order chi connectivity index (χ0) is 30.2. The maximum atomic E-state index is 14.2. The molecule has 1 aliphatic carbocycles. The Bertz CT molecular complexity index is 1470. The quantitative estimate of drug-likeness (QED) is 0.204. The Labute approximate surface area is 247 Å². The van der Waals surface area contributed by atoms with Crippen LogP contribution < -0.4 is 5.32 Å². The molecule has 1 amide bonds. The van der Waals surface area contributed by atoms with Crippen LogP contribution in [-0.2, 0) is 16.1 Å². The number of alkyl halides is 1. The molecule has 0 aliphatic heterocycles. The standard InChI is InChI=1S/C35H39FN2O4/c1-23(2)33-32(35(41)37-28-13-9-6-10-14-28)31(25-11-7-5-8-12-25)34(26-15-17-27(36)18-16-26)38(33)20-19-24(3)21-29(42-4)22-30(39)40/h5-17,23,27,29H,3,18-22H2,1-2,4H3,(H,37,41)(H,39,40)/t27?,29-/m1/s1. The van der Waals surface area contributed by atoms with Crippen molar-refractivity contribution in [1.29, 1.82) is 0 Å². The van der Waals surface area contributed by atoms with Crippen LogP contribution in [0.3, 0.4) is 0 Å². The maximum Gasteiger partial charge on any atom is 0.305 e. The Morgan fingerprint density at radius 3 is 2.33 bits per heavy atom. The SMILES string of the molecule is C=C(CCn1c(C2=CCC(F)C=C2)c(-c2ccccc2)c(C(=O)Nc2ccccc2)c1C(C)C)C[C@H](CC(=O)O)OC. The van der Waals surface area contributed by atoms with Gasteiger partial charge in [-0.25, -0.2) is 4.39 Å². The van der Waals surface area contributed by atoms with Crippen molar-refractivity contribution >= 4 is 23.1 Å². The second-order valence-electron chi connectivity index (χ2n) is 10.9. The number of methoxy groups -OCH3 is 1. The molecule has 2 N–H and O–H groups in total. The molecule has 1 aromatic heterocycles. The van der Waals surface area contributed by atoms with Gasteiger partial charge in [-0.15, -0.1) is 0 Å². The summed E-state index contributed by atoms with van der Waals surface area (Å²) < 4.78 is 21.8. The van der Waals surface area contributed by atoms with Gasteiger partial charge in [0.25, 0.3) is 5.91 Å². The van der Waals surface area contributed by atoms with Gasteiger partial charge < -0.3 is 19.7 Å². The van der Waals surface area contributed by atoms with Crippen LogP contribution in [0, 0.1) is 0 Å². The molecule has 1 heterocycles. The van der Waals surface area contributed by atoms with E-state index in [4.69, 9.17) is 4.74 Å². The summed E-state index contributed by atoms with van der Waals surface area (Å²) in [5, 5.41) is 12.3. The van der Waals surface area contributed by atoms with Crippen molar-refractivity contribution < 1.29 is 23.8 Å². The lowest BCUT2D eigenvalue weighted by Crippen LogP contribution is -2.18. The minimum atomic E-state index is -1.05. The number of halogens is 1. The van der Waals surface area contributed by atoms with Gasteiger partial charge in [0.15, 0.2) is 0 Å². The lowest BCUT2D eigenvalue weighted by Gasteiger charge is -2.20. The third-order valence-electron chi connectivity index (χ3n) is 7.43. The van der Waals surface area contributed by atoms with Crippen LogP contribution in [0.5, 0.6) is 0 Å². The fraction of sp³-hybridized carbons (Fsp3) is 0.314. The third kappa shape index (κ3) is 7.34. The molecule has 6 nitrogen and oxygen atoms in total. The molecule has 2 aromatic carbocycles. The van der Waals surface area contributed by atoms with Crippen molar-refractivity contribution in [3.63, 3.8) is 0 Å². The van der Waals surface area contributed by atoms with E-state index in [1.807, 2.05) is 66.7 Å². The zero-order valence-electron chi connectivity index (χ0n) is 24.5. The number of rotatable bonds is 13. The Kier molecular flexibility index (Phi) is 10.3. The predicted molar refractivity (Wildman–Crippen MR) is 166 cm³/mol. The van der Waals surface area contributed by atoms with Gasteiger partial charge in [0, 0.05) is 37.0 Å². The number of benzene rings is 2. The minimum Gasteiger partial charge on any atom is -0.481 e. The first kappa shape index (κ1) is 30.7. The molecule has 0 saturated heterocycles. The average Bonchev–Trinajstić information content (AvgIpc) is 3.32. The number of nitrogens with zero attached hydrogens (tertiary/aromatic N) is 1. The molecule has 220 valence electrons. The van der Waals surface area contributed by atoms with Crippen LogP contribution >= 0.6 is 0 Å². The van der Waals surface area contributed by atoms with E-state index in [1.54, 1.807) is 12.2 Å². The predicted octanol–water partition coefficient (Wildman–Crippen LogP) is 8.04. The van der Waals surface area contributed by atoms with E-state index in [2.05, 4.69) is 30.3 Å². The molecule has 0 bridgehead atoms. The first-order valence-electron chi connectivity index (χ1n) is 14.3. The summed E-state index contributed by atoms with van der Waals surface area (Å²) in [5.74, 6) is -1.16. The highest BCUT2D eigenvalue weighted by Crippen LogP contribution is 2.42. The first-order valence-corrected chi connectivity index (χ1v) is 14.3. The Balaban J connectivity index is 1.87. The summed E-state index contributed by atoms with van der Waals surface area (Å²) in [7, 11) is 1.51. The molecule has 0 spiro atoms. The molecule has 3 aromatic rings. The first-order chi connectivity index (χ1) is 20.2. The van der Waals surface area contributed by atoms with Gasteiger partial charge in [-0.05, 0) is 48.1 Å². The van der Waals surface area contributed by atoms with Crippen LogP contribution in [0.2, 0.25) is 0 Å². The van der Waals surface area contributed by atoms with Gasteiger partial charge in [0.1, 0.15) is 6.17 Å². The minimum absolute atomic E-state index is 0.0215. The number of anilines is 1. The number of hydrogen-bond acceptors (Lipinski definition) is 3. The smallest absolute Gasteiger partial charge is 0.305 e. The van der Waals surface area contributed by atoms with Crippen molar-refractivity contribution in [2.45, 2.75) is 64.3 Å². The lowest BCUT2D eigenvalue weighted by molar-refractivity contribution is -0.139. The van der Waals surface area contributed by atoms with Gasteiger partial charge in [-0.1, -0.05) is 86.7 Å². The maximum absolute atomic E-state index is 14.2. The summed E-state index contributed by atoms with van der Waals surface area (Å²) in [6.45, 7) is 8.86. The number of para-hydroxylation sites is 1. The van der Waals surface area contributed by atoms with Crippen LogP contribution in [0.25, 0.3) is 16.7 Å². The molecule has 0 saturated carbocycles. The number of carboxylic acids is 1. The van der Waals surface area contributed by atoms with Crippen molar-refractivity contribution in [2.24, 2.45) is 0 Å². The summed E-state index contributed by atoms with van der Waals surface area (Å²) in [6.07, 6.45) is 4.86. The molecule has 42 heavy (non-hydrogen) atoms. The fourth-order valence-corrected chi connectivity index (χ4v) is 5.50. The van der Waals surface area contributed by atoms with Gasteiger partial charge in [0.05, 0.1) is 23.8 Å². The van der Waals surface area contributed by atoms with E-state index in [-0.39, 0.29) is 24.7 Å². The number of carboxylic acid groups (broad SMARTS) is 1. The number of aromatic nitrogens is 1. The van der Waals surface area contributed by atoms with Gasteiger partial charge in [-0.3, -0.25) is 9.59 Å². The van der Waals surface area contributed by atoms with E-state index in [0.717, 1.165) is 33.7 Å². The summed E-state index contributed by atoms with van der Waals surface area (Å²) in [5.41, 5.74) is 6.40. The van der Waals surface area contributed by atoms with E-state index >= 15 is 0 Å². The highest BCUT2D eigenvalue weighted by molar-refractivity contribution is 6.12. The Morgan fingerprint density at radius 1 is 1.10 bits per heavy atom. The zero-order valence-corrected chi connectivity index (χ0v) is 24.5. The van der Waals surface area contributed by atoms with E-state index < -0.39 is 18.2 Å². The van der Waals surface area contributed by atoms with Crippen molar-refractivity contribution in [1.82, 2.24) is 4.57 Å². The molecule has 2 atom stereocenters. The summed E-state index contributed by atoms with van der Waals surface area (Å²) in [4.78, 5) is 25.4. The number of amides is 1. The topological polar surface area (TPSA) is 80.6 Å². The largest absolute Gasteiger partial charge is 0.481 e. The molecule has 0 radical (unpaired) electrons. The number of hydrogen-bond donors (Lipinski definition) is 2. The molecule has 1 unspecified atom stereocenters. The van der Waals surface area contributed by atoms with Crippen molar-refractivity contribution in [3.8, 4) is 11.1 Å². The number of aliphatic carboxylic acids is 1. The van der Waals surface area contributed by atoms with Crippen LogP contribution in [0.15, 0.2) is 91.0 Å². The van der Waals surface area contributed by atoms with Crippen molar-refractivity contribution in [2.75, 3.05) is 12.4 Å². The summed E-state index contributed by atoms with van der Waals surface area (Å²) >= 11 is 0. The van der Waals surface area contributed by atoms with E-state index in [0.29, 0.717) is 30.6 Å². The Morgan fingerprint density at radius 2 is 1.76 bits per heavy atom. The van der Waals surface area contributed by atoms with Crippen LogP contribution in [-0.4, -0.2) is 40.9 Å². The van der Waals surface area contributed by atoms with Crippen molar-refractivity contribution in [3.05, 3.63) is 108 Å².